The number of rotatable bonds is 6. The van der Waals surface area contributed by atoms with E-state index in [1.165, 1.54) is 6.20 Å². The first-order chi connectivity index (χ1) is 10.1. The molecule has 1 saturated heterocycles. The maximum absolute atomic E-state index is 12.5. The molecule has 2 rings (SSSR count). The molecule has 0 bridgehead atoms. The highest BCUT2D eigenvalue weighted by atomic mass is 16.5. The maximum atomic E-state index is 12.5. The lowest BCUT2D eigenvalue weighted by Crippen LogP contribution is -2.38. The number of hydrogen-bond donors (Lipinski definition) is 1. The van der Waals surface area contributed by atoms with Gasteiger partial charge in [-0.15, -0.1) is 0 Å². The van der Waals surface area contributed by atoms with Crippen molar-refractivity contribution in [1.82, 2.24) is 9.88 Å². The third kappa shape index (κ3) is 4.53. The van der Waals surface area contributed by atoms with E-state index >= 15 is 0 Å². The number of pyridine rings is 1. The van der Waals surface area contributed by atoms with Crippen molar-refractivity contribution in [3.05, 3.63) is 29.6 Å². The van der Waals surface area contributed by atoms with Crippen LogP contribution in [0.2, 0.25) is 0 Å². The van der Waals surface area contributed by atoms with Crippen LogP contribution in [0.15, 0.2) is 18.3 Å². The maximum Gasteiger partial charge on any atom is 0.305 e. The lowest BCUT2D eigenvalue weighted by Gasteiger charge is -2.25. The van der Waals surface area contributed by atoms with Gasteiger partial charge in [0.2, 0.25) is 0 Å². The van der Waals surface area contributed by atoms with Crippen molar-refractivity contribution >= 4 is 11.9 Å². The van der Waals surface area contributed by atoms with Crippen LogP contribution in [0.25, 0.3) is 0 Å². The number of ether oxygens (including phenoxy) is 1. The monoisotopic (exact) mass is 292 g/mol. The van der Waals surface area contributed by atoms with Crippen molar-refractivity contribution in [2.24, 2.45) is 0 Å². The number of carbonyl (C=O) groups excluding carboxylic acids is 1. The Bertz CT molecular complexity index is 495. The molecule has 1 aliphatic rings. The average molecular weight is 292 g/mol. The smallest absolute Gasteiger partial charge is 0.305 e. The van der Waals surface area contributed by atoms with Gasteiger partial charge in [0.25, 0.3) is 5.91 Å². The van der Waals surface area contributed by atoms with Crippen molar-refractivity contribution in [2.75, 3.05) is 19.7 Å². The number of carbonyl (C=O) groups is 2. The SMILES string of the molecule is Cc1ccc(C(=O)N(CCC(=O)O)CC2CCCO2)cn1. The molecule has 21 heavy (non-hydrogen) atoms. The Labute approximate surface area is 123 Å². The Morgan fingerprint density at radius 3 is 2.86 bits per heavy atom. The molecule has 1 aromatic heterocycles. The molecule has 1 atom stereocenters. The van der Waals surface area contributed by atoms with E-state index in [2.05, 4.69) is 4.98 Å². The third-order valence-electron chi connectivity index (χ3n) is 3.49. The summed E-state index contributed by atoms with van der Waals surface area (Å²) in [6.45, 7) is 3.17. The van der Waals surface area contributed by atoms with Crippen molar-refractivity contribution in [3.8, 4) is 0 Å². The van der Waals surface area contributed by atoms with E-state index in [0.29, 0.717) is 18.7 Å². The van der Waals surface area contributed by atoms with Crippen LogP contribution in [0.3, 0.4) is 0 Å². The number of amides is 1. The summed E-state index contributed by atoms with van der Waals surface area (Å²) in [6.07, 6.45) is 3.35. The zero-order chi connectivity index (χ0) is 15.2. The highest BCUT2D eigenvalue weighted by molar-refractivity contribution is 5.94. The highest BCUT2D eigenvalue weighted by Gasteiger charge is 2.24. The van der Waals surface area contributed by atoms with Crippen LogP contribution >= 0.6 is 0 Å². The molecule has 0 saturated carbocycles. The van der Waals surface area contributed by atoms with Gasteiger partial charge < -0.3 is 14.7 Å². The van der Waals surface area contributed by atoms with E-state index in [0.717, 1.165) is 18.5 Å². The van der Waals surface area contributed by atoms with Gasteiger partial charge in [-0.1, -0.05) is 0 Å². The second kappa shape index (κ2) is 7.17. The average Bonchev–Trinajstić information content (AvgIpc) is 2.96. The van der Waals surface area contributed by atoms with Crippen molar-refractivity contribution < 1.29 is 19.4 Å². The quantitative estimate of drug-likeness (QED) is 0.859. The molecule has 114 valence electrons. The normalized spacial score (nSPS) is 17.7. The minimum absolute atomic E-state index is 0.00107. The molecule has 0 radical (unpaired) electrons. The molecule has 6 heteroatoms. The number of aryl methyl sites for hydroxylation is 1. The van der Waals surface area contributed by atoms with Gasteiger partial charge in [0.15, 0.2) is 0 Å². The lowest BCUT2D eigenvalue weighted by molar-refractivity contribution is -0.137. The molecule has 1 fully saturated rings. The summed E-state index contributed by atoms with van der Waals surface area (Å²) in [5, 5.41) is 8.83. The Kier molecular flexibility index (Phi) is 5.27. The van der Waals surface area contributed by atoms with E-state index in [9.17, 15) is 9.59 Å². The second-order valence-corrected chi connectivity index (χ2v) is 5.22. The van der Waals surface area contributed by atoms with Gasteiger partial charge in [0.1, 0.15) is 0 Å². The van der Waals surface area contributed by atoms with Crippen LogP contribution in [0.4, 0.5) is 0 Å². The van der Waals surface area contributed by atoms with Gasteiger partial charge in [-0.25, -0.2) is 0 Å². The summed E-state index contributed by atoms with van der Waals surface area (Å²) in [7, 11) is 0. The predicted molar refractivity (Wildman–Crippen MR) is 76.1 cm³/mol. The fraction of sp³-hybridized carbons (Fsp3) is 0.533. The summed E-state index contributed by atoms with van der Waals surface area (Å²) in [5.74, 6) is -1.11. The van der Waals surface area contributed by atoms with Crippen molar-refractivity contribution in [2.45, 2.75) is 32.3 Å². The molecule has 0 spiro atoms. The summed E-state index contributed by atoms with van der Waals surface area (Å²) < 4.78 is 5.54. The molecule has 1 unspecified atom stereocenters. The zero-order valence-electron chi connectivity index (χ0n) is 12.1. The van der Waals surface area contributed by atoms with E-state index in [1.807, 2.05) is 6.92 Å². The standard InChI is InChI=1S/C15H20N2O4/c1-11-4-5-12(9-16-11)15(20)17(7-6-14(18)19)10-13-3-2-8-21-13/h4-5,9,13H,2-3,6-8,10H2,1H3,(H,18,19). The molecule has 1 aromatic rings. The van der Waals surface area contributed by atoms with Gasteiger partial charge in [-0.2, -0.15) is 0 Å². The van der Waals surface area contributed by atoms with E-state index in [1.54, 1.807) is 17.0 Å². The number of aromatic nitrogens is 1. The molecule has 2 heterocycles. The molecular formula is C15H20N2O4. The van der Waals surface area contributed by atoms with Crippen LogP contribution in [-0.4, -0.2) is 52.7 Å². The number of carboxylic acid groups (broad SMARTS) is 1. The van der Waals surface area contributed by atoms with Crippen LogP contribution in [-0.2, 0) is 9.53 Å². The van der Waals surface area contributed by atoms with Crippen LogP contribution in [0.5, 0.6) is 0 Å². The molecule has 0 aromatic carbocycles. The first-order valence-corrected chi connectivity index (χ1v) is 7.11. The number of hydrogen-bond acceptors (Lipinski definition) is 4. The minimum Gasteiger partial charge on any atom is -0.481 e. The van der Waals surface area contributed by atoms with E-state index in [-0.39, 0.29) is 25.0 Å². The van der Waals surface area contributed by atoms with Crippen LogP contribution in [0, 0.1) is 6.92 Å². The first-order valence-electron chi connectivity index (χ1n) is 7.11. The van der Waals surface area contributed by atoms with E-state index < -0.39 is 5.97 Å². The molecule has 1 N–H and O–H groups in total. The molecule has 1 amide bonds. The Morgan fingerprint density at radius 1 is 1.48 bits per heavy atom. The van der Waals surface area contributed by atoms with Gasteiger partial charge in [-0.3, -0.25) is 14.6 Å². The highest BCUT2D eigenvalue weighted by Crippen LogP contribution is 2.15. The number of nitrogens with zero attached hydrogens (tertiary/aromatic N) is 2. The van der Waals surface area contributed by atoms with Gasteiger partial charge >= 0.3 is 5.97 Å². The fourth-order valence-corrected chi connectivity index (χ4v) is 2.32. The summed E-state index contributed by atoms with van der Waals surface area (Å²) in [4.78, 5) is 28.9. The molecule has 1 aliphatic heterocycles. The Hall–Kier alpha value is -1.95. The Morgan fingerprint density at radius 2 is 2.29 bits per heavy atom. The van der Waals surface area contributed by atoms with Crippen molar-refractivity contribution in [3.63, 3.8) is 0 Å². The van der Waals surface area contributed by atoms with E-state index in [4.69, 9.17) is 9.84 Å². The second-order valence-electron chi connectivity index (χ2n) is 5.22. The fourth-order valence-electron chi connectivity index (χ4n) is 2.32. The summed E-state index contributed by atoms with van der Waals surface area (Å²) in [6, 6.07) is 3.49. The summed E-state index contributed by atoms with van der Waals surface area (Å²) >= 11 is 0. The largest absolute Gasteiger partial charge is 0.481 e. The van der Waals surface area contributed by atoms with Gasteiger partial charge in [0, 0.05) is 31.6 Å². The van der Waals surface area contributed by atoms with Crippen LogP contribution < -0.4 is 0 Å². The predicted octanol–water partition coefficient (Wildman–Crippen LogP) is 1.49. The van der Waals surface area contributed by atoms with Crippen molar-refractivity contribution in [1.29, 1.82) is 0 Å². The van der Waals surface area contributed by atoms with Crippen LogP contribution in [0.1, 0.15) is 35.3 Å². The lowest BCUT2D eigenvalue weighted by atomic mass is 10.2. The zero-order valence-corrected chi connectivity index (χ0v) is 12.1. The molecule has 0 aliphatic carbocycles. The number of carboxylic acids is 1. The van der Waals surface area contributed by atoms with Gasteiger partial charge in [0.05, 0.1) is 18.1 Å². The topological polar surface area (TPSA) is 79.7 Å². The Balaban J connectivity index is 2.06. The first kappa shape index (κ1) is 15.4. The van der Waals surface area contributed by atoms with Gasteiger partial charge in [-0.05, 0) is 31.9 Å². The minimum atomic E-state index is -0.915. The molecular weight excluding hydrogens is 272 g/mol. The number of aliphatic carboxylic acids is 1. The molecule has 6 nitrogen and oxygen atoms in total. The summed E-state index contributed by atoms with van der Waals surface area (Å²) in [5.41, 5.74) is 1.31. The third-order valence-corrected chi connectivity index (χ3v) is 3.49.